The van der Waals surface area contributed by atoms with Crippen molar-refractivity contribution >= 4 is 23.1 Å². The molecule has 0 radical (unpaired) electrons. The van der Waals surface area contributed by atoms with Crippen molar-refractivity contribution in [2.45, 2.75) is 0 Å². The summed E-state index contributed by atoms with van der Waals surface area (Å²) >= 11 is 0. The van der Waals surface area contributed by atoms with Crippen LogP contribution in [0.25, 0.3) is 5.70 Å². The lowest BCUT2D eigenvalue weighted by atomic mass is 10.1. The minimum Gasteiger partial charge on any atom is -0.497 e. The Bertz CT molecular complexity index is 1040. The van der Waals surface area contributed by atoms with Crippen LogP contribution in [0.15, 0.2) is 84.9 Å². The van der Waals surface area contributed by atoms with Crippen LogP contribution in [0.3, 0.4) is 0 Å². The van der Waals surface area contributed by atoms with E-state index in [9.17, 15) is 9.59 Å². The maximum Gasteiger partial charge on any atom is 0.263 e. The van der Waals surface area contributed by atoms with Gasteiger partial charge in [0.05, 0.1) is 12.8 Å². The largest absolute Gasteiger partial charge is 0.497 e. The highest BCUT2D eigenvalue weighted by atomic mass is 16.5. The summed E-state index contributed by atoms with van der Waals surface area (Å²) in [5, 5.41) is 0. The van der Waals surface area contributed by atoms with E-state index in [1.807, 2.05) is 48.5 Å². The fourth-order valence-electron chi connectivity index (χ4n) is 3.18. The lowest BCUT2D eigenvalue weighted by Gasteiger charge is -2.19. The lowest BCUT2D eigenvalue weighted by molar-refractivity contribution is 0.101. The Hall–Kier alpha value is -3.66. The van der Waals surface area contributed by atoms with Crippen molar-refractivity contribution in [1.29, 1.82) is 0 Å². The zero-order valence-electron chi connectivity index (χ0n) is 14.8. The number of nitrogens with zero attached hydrogens (tertiary/aromatic N) is 1. The van der Waals surface area contributed by atoms with Gasteiger partial charge in [0.2, 0.25) is 0 Å². The molecule has 0 aliphatic carbocycles. The number of ether oxygens (including phenoxy) is 1. The van der Waals surface area contributed by atoms with Gasteiger partial charge in [-0.05, 0) is 30.3 Å². The molecule has 4 rings (SSSR count). The SMILES string of the molecule is COc1ccc(N2C(=O)c3ccccc3/C2=C\C(=O)c2ccccc2)cc1. The number of anilines is 1. The molecule has 0 saturated carbocycles. The minimum atomic E-state index is -0.150. The summed E-state index contributed by atoms with van der Waals surface area (Å²) in [6, 6.07) is 23.6. The number of fused-ring (bicyclic) bond motifs is 1. The first kappa shape index (κ1) is 16.8. The quantitative estimate of drug-likeness (QED) is 0.508. The van der Waals surface area contributed by atoms with Crippen LogP contribution in [0.1, 0.15) is 26.3 Å². The van der Waals surface area contributed by atoms with Gasteiger partial charge in [0.1, 0.15) is 5.75 Å². The molecule has 27 heavy (non-hydrogen) atoms. The van der Waals surface area contributed by atoms with Gasteiger partial charge in [-0.3, -0.25) is 14.5 Å². The molecule has 0 N–H and O–H groups in total. The summed E-state index contributed by atoms with van der Waals surface area (Å²) in [5.74, 6) is 0.408. The average Bonchev–Trinajstić information content (AvgIpc) is 3.01. The van der Waals surface area contributed by atoms with E-state index in [0.717, 1.165) is 5.56 Å². The molecule has 0 spiro atoms. The van der Waals surface area contributed by atoms with Crippen LogP contribution in [-0.4, -0.2) is 18.8 Å². The first-order valence-corrected chi connectivity index (χ1v) is 8.58. The number of benzene rings is 3. The number of hydrogen-bond donors (Lipinski definition) is 0. The Morgan fingerprint density at radius 3 is 2.15 bits per heavy atom. The second-order valence-electron chi connectivity index (χ2n) is 6.14. The number of carbonyl (C=O) groups is 2. The predicted molar refractivity (Wildman–Crippen MR) is 105 cm³/mol. The number of ketones is 1. The molecule has 0 unspecified atom stereocenters. The molecule has 0 bridgehead atoms. The monoisotopic (exact) mass is 355 g/mol. The zero-order chi connectivity index (χ0) is 18.8. The molecule has 1 aliphatic heterocycles. The number of rotatable bonds is 4. The average molecular weight is 355 g/mol. The summed E-state index contributed by atoms with van der Waals surface area (Å²) in [7, 11) is 1.59. The zero-order valence-corrected chi connectivity index (χ0v) is 14.8. The van der Waals surface area contributed by atoms with Crippen LogP contribution >= 0.6 is 0 Å². The van der Waals surface area contributed by atoms with Gasteiger partial charge in [-0.15, -0.1) is 0 Å². The van der Waals surface area contributed by atoms with Crippen molar-refractivity contribution < 1.29 is 14.3 Å². The molecule has 0 atom stereocenters. The fraction of sp³-hybridized carbons (Fsp3) is 0.0435. The molecule has 132 valence electrons. The third-order valence-corrected chi connectivity index (χ3v) is 4.53. The van der Waals surface area contributed by atoms with E-state index >= 15 is 0 Å². The van der Waals surface area contributed by atoms with E-state index in [-0.39, 0.29) is 11.7 Å². The van der Waals surface area contributed by atoms with Crippen LogP contribution in [0.4, 0.5) is 5.69 Å². The summed E-state index contributed by atoms with van der Waals surface area (Å²) < 4.78 is 5.20. The summed E-state index contributed by atoms with van der Waals surface area (Å²) in [6.45, 7) is 0. The van der Waals surface area contributed by atoms with E-state index in [1.165, 1.54) is 6.08 Å². The van der Waals surface area contributed by atoms with Gasteiger partial charge in [-0.25, -0.2) is 0 Å². The molecule has 0 saturated heterocycles. The molecule has 1 aliphatic rings. The van der Waals surface area contributed by atoms with Crippen LogP contribution in [0.2, 0.25) is 0 Å². The van der Waals surface area contributed by atoms with E-state index in [1.54, 1.807) is 42.3 Å². The smallest absolute Gasteiger partial charge is 0.263 e. The van der Waals surface area contributed by atoms with Crippen LogP contribution in [0, 0.1) is 0 Å². The Morgan fingerprint density at radius 1 is 0.852 bits per heavy atom. The van der Waals surface area contributed by atoms with Gasteiger partial charge in [0, 0.05) is 28.5 Å². The van der Waals surface area contributed by atoms with E-state index < -0.39 is 0 Å². The van der Waals surface area contributed by atoms with Crippen molar-refractivity contribution in [2.24, 2.45) is 0 Å². The maximum absolute atomic E-state index is 13.0. The van der Waals surface area contributed by atoms with Crippen molar-refractivity contribution in [3.8, 4) is 5.75 Å². The number of carbonyl (C=O) groups excluding carboxylic acids is 2. The molecule has 1 heterocycles. The Labute approximate surface area is 157 Å². The van der Waals surface area contributed by atoms with E-state index in [2.05, 4.69) is 0 Å². The van der Waals surface area contributed by atoms with Gasteiger partial charge < -0.3 is 4.74 Å². The fourth-order valence-corrected chi connectivity index (χ4v) is 3.18. The van der Waals surface area contributed by atoms with E-state index in [4.69, 9.17) is 4.74 Å². The Morgan fingerprint density at radius 2 is 1.48 bits per heavy atom. The van der Waals surface area contributed by atoms with Gasteiger partial charge >= 0.3 is 0 Å². The van der Waals surface area contributed by atoms with Crippen molar-refractivity contribution in [2.75, 3.05) is 12.0 Å². The number of hydrogen-bond acceptors (Lipinski definition) is 3. The number of methoxy groups -OCH3 is 1. The highest BCUT2D eigenvalue weighted by Crippen LogP contribution is 2.37. The lowest BCUT2D eigenvalue weighted by Crippen LogP contribution is -2.22. The van der Waals surface area contributed by atoms with Crippen LogP contribution in [0.5, 0.6) is 5.75 Å². The Kier molecular flexibility index (Phi) is 4.30. The molecular formula is C23H17NO3. The number of amides is 1. The second kappa shape index (κ2) is 6.92. The highest BCUT2D eigenvalue weighted by molar-refractivity contribution is 6.25. The van der Waals surface area contributed by atoms with Crippen LogP contribution < -0.4 is 9.64 Å². The molecule has 4 nitrogen and oxygen atoms in total. The molecular weight excluding hydrogens is 338 g/mol. The van der Waals surface area contributed by atoms with Gasteiger partial charge in [-0.1, -0.05) is 48.5 Å². The second-order valence-corrected chi connectivity index (χ2v) is 6.14. The topological polar surface area (TPSA) is 46.6 Å². The minimum absolute atomic E-state index is 0.145. The van der Waals surface area contributed by atoms with Crippen molar-refractivity contribution in [3.05, 3.63) is 102 Å². The van der Waals surface area contributed by atoms with Crippen molar-refractivity contribution in [3.63, 3.8) is 0 Å². The van der Waals surface area contributed by atoms with Gasteiger partial charge in [0.15, 0.2) is 5.78 Å². The van der Waals surface area contributed by atoms with Crippen LogP contribution in [-0.2, 0) is 0 Å². The normalized spacial score (nSPS) is 14.3. The number of allylic oxidation sites excluding steroid dienone is 1. The molecule has 3 aromatic rings. The third-order valence-electron chi connectivity index (χ3n) is 4.53. The van der Waals surface area contributed by atoms with Gasteiger partial charge in [-0.2, -0.15) is 0 Å². The molecule has 4 heteroatoms. The molecule has 1 amide bonds. The predicted octanol–water partition coefficient (Wildman–Crippen LogP) is 4.58. The third kappa shape index (κ3) is 3.02. The summed E-state index contributed by atoms with van der Waals surface area (Å²) in [5.41, 5.74) is 3.18. The van der Waals surface area contributed by atoms with E-state index in [0.29, 0.717) is 28.3 Å². The molecule has 0 aromatic heterocycles. The maximum atomic E-state index is 13.0. The molecule has 3 aromatic carbocycles. The highest BCUT2D eigenvalue weighted by Gasteiger charge is 2.33. The molecule has 0 fully saturated rings. The standard InChI is InChI=1S/C23H17NO3/c1-27-18-13-11-17(12-14-18)24-21(15-22(25)16-7-3-2-4-8-16)19-9-5-6-10-20(19)23(24)26/h2-15H,1H3/b21-15+. The summed E-state index contributed by atoms with van der Waals surface area (Å²) in [6.07, 6.45) is 1.53. The van der Waals surface area contributed by atoms with Crippen molar-refractivity contribution in [1.82, 2.24) is 0 Å². The first-order chi connectivity index (χ1) is 13.2. The summed E-state index contributed by atoms with van der Waals surface area (Å²) in [4.78, 5) is 27.4. The Balaban J connectivity index is 1.82. The van der Waals surface area contributed by atoms with Gasteiger partial charge in [0.25, 0.3) is 5.91 Å². The first-order valence-electron chi connectivity index (χ1n) is 8.58.